The van der Waals surface area contributed by atoms with Crippen molar-refractivity contribution in [2.24, 2.45) is 0 Å². The molecule has 0 aliphatic rings. The van der Waals surface area contributed by atoms with E-state index in [1.165, 1.54) is 25.1 Å². The number of para-hydroxylation sites is 1. The number of amides is 1. The summed E-state index contributed by atoms with van der Waals surface area (Å²) in [6.07, 6.45) is -2.84. The number of carbonyl (C=O) groups is 1. The van der Waals surface area contributed by atoms with Crippen LogP contribution in [0.1, 0.15) is 32.8 Å². The molecule has 0 unspecified atom stereocenters. The third-order valence-electron chi connectivity index (χ3n) is 2.44. The topological polar surface area (TPSA) is 29.5 Å². The van der Waals surface area contributed by atoms with Crippen LogP contribution in [0.15, 0.2) is 18.2 Å². The molecule has 0 heterocycles. The molecule has 19 heavy (non-hydrogen) atoms. The van der Waals surface area contributed by atoms with Gasteiger partial charge in [-0.15, -0.1) is 0 Å². The van der Waals surface area contributed by atoms with Gasteiger partial charge in [-0.1, -0.05) is 23.7 Å². The second kappa shape index (κ2) is 6.82. The summed E-state index contributed by atoms with van der Waals surface area (Å²) in [7, 11) is 0. The van der Waals surface area contributed by atoms with E-state index in [2.05, 4.69) is 0 Å². The average Bonchev–Trinajstić information content (AvgIpc) is 2.29. The van der Waals surface area contributed by atoms with E-state index in [-0.39, 0.29) is 29.1 Å². The molecule has 1 rings (SSSR count). The largest absolute Gasteiger partial charge is 0.358 e. The van der Waals surface area contributed by atoms with Gasteiger partial charge in [-0.2, -0.15) is 0 Å². The van der Waals surface area contributed by atoms with Crippen LogP contribution in [0, 0.1) is 0 Å². The Hall–Kier alpha value is -1.20. The molecule has 0 N–H and O–H groups in total. The van der Waals surface area contributed by atoms with Gasteiger partial charge in [-0.25, -0.2) is 8.78 Å². The first-order valence-electron chi connectivity index (χ1n) is 5.80. The summed E-state index contributed by atoms with van der Waals surface area (Å²) < 4.78 is 31.3. The van der Waals surface area contributed by atoms with Crippen molar-refractivity contribution in [1.82, 2.24) is 0 Å². The van der Waals surface area contributed by atoms with E-state index < -0.39 is 12.3 Å². The number of rotatable bonds is 5. The summed E-state index contributed by atoms with van der Waals surface area (Å²) in [5.41, 5.74) is -0.276. The minimum Gasteiger partial charge on any atom is -0.358 e. The van der Waals surface area contributed by atoms with Crippen molar-refractivity contribution in [3.8, 4) is 0 Å². The van der Waals surface area contributed by atoms with Gasteiger partial charge in [0.25, 0.3) is 6.43 Å². The lowest BCUT2D eigenvalue weighted by molar-refractivity contribution is -0.118. The molecule has 106 valence electrons. The van der Waals surface area contributed by atoms with Crippen LogP contribution in [0.5, 0.6) is 0 Å². The quantitative estimate of drug-likeness (QED) is 0.767. The van der Waals surface area contributed by atoms with Crippen LogP contribution >= 0.6 is 11.6 Å². The van der Waals surface area contributed by atoms with Gasteiger partial charge in [0, 0.05) is 12.5 Å². The summed E-state index contributed by atoms with van der Waals surface area (Å²) >= 11 is 5.94. The Labute approximate surface area is 116 Å². The number of alkyl halides is 2. The summed E-state index contributed by atoms with van der Waals surface area (Å²) in [6.45, 7) is 4.75. The van der Waals surface area contributed by atoms with Gasteiger partial charge in [0.1, 0.15) is 6.73 Å². The lowest BCUT2D eigenvalue weighted by Gasteiger charge is -2.25. The molecule has 0 saturated heterocycles. The van der Waals surface area contributed by atoms with E-state index in [9.17, 15) is 13.6 Å². The Bertz CT molecular complexity index is 452. The molecule has 0 saturated carbocycles. The Morgan fingerprint density at radius 2 is 2.05 bits per heavy atom. The minimum atomic E-state index is -2.71. The number of halogens is 3. The molecule has 0 fully saturated rings. The highest BCUT2D eigenvalue weighted by Gasteiger charge is 2.23. The molecule has 0 aliphatic carbocycles. The first kappa shape index (κ1) is 15.9. The highest BCUT2D eigenvalue weighted by molar-refractivity contribution is 6.34. The molecule has 0 atom stereocenters. The van der Waals surface area contributed by atoms with Gasteiger partial charge in [0.05, 0.1) is 16.8 Å². The van der Waals surface area contributed by atoms with E-state index >= 15 is 0 Å². The highest BCUT2D eigenvalue weighted by Crippen LogP contribution is 2.36. The van der Waals surface area contributed by atoms with Crippen molar-refractivity contribution in [2.75, 3.05) is 11.6 Å². The molecular formula is C13H16ClF2NO2. The van der Waals surface area contributed by atoms with Crippen molar-refractivity contribution < 1.29 is 18.3 Å². The summed E-state index contributed by atoms with van der Waals surface area (Å²) in [6, 6.07) is 4.14. The standard InChI is InChI=1S/C13H16ClF2NO2/c1-8(2)19-7-17(9(3)18)12-10(13(15)16)5-4-6-11(12)14/h4-6,8,13H,7H2,1-3H3. The van der Waals surface area contributed by atoms with E-state index in [1.54, 1.807) is 13.8 Å². The van der Waals surface area contributed by atoms with Gasteiger partial charge < -0.3 is 4.74 Å². The molecule has 0 aliphatic heterocycles. The Kier molecular flexibility index (Phi) is 5.69. The number of nitrogens with zero attached hydrogens (tertiary/aromatic N) is 1. The van der Waals surface area contributed by atoms with Crippen LogP contribution in [0.25, 0.3) is 0 Å². The summed E-state index contributed by atoms with van der Waals surface area (Å²) in [5, 5.41) is 0.0976. The fourth-order valence-electron chi connectivity index (χ4n) is 1.53. The number of carbonyl (C=O) groups excluding carboxylic acids is 1. The second-order valence-electron chi connectivity index (χ2n) is 4.27. The van der Waals surface area contributed by atoms with Gasteiger partial charge in [-0.05, 0) is 19.9 Å². The Morgan fingerprint density at radius 1 is 1.42 bits per heavy atom. The number of hydrogen-bond acceptors (Lipinski definition) is 2. The number of benzene rings is 1. The average molecular weight is 292 g/mol. The fraction of sp³-hybridized carbons (Fsp3) is 0.462. The molecule has 0 radical (unpaired) electrons. The van der Waals surface area contributed by atoms with E-state index in [4.69, 9.17) is 16.3 Å². The maximum absolute atomic E-state index is 13.0. The zero-order chi connectivity index (χ0) is 14.6. The molecule has 1 aromatic rings. The first-order valence-corrected chi connectivity index (χ1v) is 6.18. The van der Waals surface area contributed by atoms with Crippen molar-refractivity contribution in [2.45, 2.75) is 33.3 Å². The molecule has 6 heteroatoms. The maximum Gasteiger partial charge on any atom is 0.265 e. The second-order valence-corrected chi connectivity index (χ2v) is 4.68. The normalized spacial score (nSPS) is 11.2. The number of hydrogen-bond donors (Lipinski definition) is 0. The van der Waals surface area contributed by atoms with Crippen molar-refractivity contribution >= 4 is 23.2 Å². The fourth-order valence-corrected chi connectivity index (χ4v) is 1.81. The Balaban J connectivity index is 3.18. The predicted octanol–water partition coefficient (Wildman–Crippen LogP) is 4.01. The van der Waals surface area contributed by atoms with Crippen LogP contribution in [-0.2, 0) is 9.53 Å². The lowest BCUT2D eigenvalue weighted by atomic mass is 10.1. The molecule has 1 aromatic carbocycles. The van der Waals surface area contributed by atoms with Crippen molar-refractivity contribution in [1.29, 1.82) is 0 Å². The Morgan fingerprint density at radius 3 is 2.53 bits per heavy atom. The summed E-state index contributed by atoms with van der Waals surface area (Å²) in [5.74, 6) is -0.407. The van der Waals surface area contributed by atoms with Crippen LogP contribution in [0.2, 0.25) is 5.02 Å². The smallest absolute Gasteiger partial charge is 0.265 e. The lowest BCUT2D eigenvalue weighted by Crippen LogP contribution is -2.33. The SMILES string of the molecule is CC(=O)N(COC(C)C)c1c(Cl)cccc1C(F)F. The maximum atomic E-state index is 13.0. The number of anilines is 1. The molecule has 0 spiro atoms. The summed E-state index contributed by atoms with van der Waals surface area (Å²) in [4.78, 5) is 12.7. The third-order valence-corrected chi connectivity index (χ3v) is 2.75. The first-order chi connectivity index (χ1) is 8.84. The molecule has 3 nitrogen and oxygen atoms in total. The van der Waals surface area contributed by atoms with Gasteiger partial charge in [0.2, 0.25) is 5.91 Å². The number of ether oxygens (including phenoxy) is 1. The third kappa shape index (κ3) is 4.14. The van der Waals surface area contributed by atoms with Crippen molar-refractivity contribution in [3.63, 3.8) is 0 Å². The van der Waals surface area contributed by atoms with Gasteiger partial charge in [0.15, 0.2) is 0 Å². The van der Waals surface area contributed by atoms with Gasteiger partial charge in [-0.3, -0.25) is 9.69 Å². The van der Waals surface area contributed by atoms with E-state index in [0.29, 0.717) is 0 Å². The van der Waals surface area contributed by atoms with Crippen LogP contribution in [-0.4, -0.2) is 18.7 Å². The zero-order valence-electron chi connectivity index (χ0n) is 11.0. The monoisotopic (exact) mass is 291 g/mol. The van der Waals surface area contributed by atoms with E-state index in [0.717, 1.165) is 4.90 Å². The van der Waals surface area contributed by atoms with Crippen molar-refractivity contribution in [3.05, 3.63) is 28.8 Å². The molecule has 0 bridgehead atoms. The van der Waals surface area contributed by atoms with E-state index in [1.807, 2.05) is 0 Å². The zero-order valence-corrected chi connectivity index (χ0v) is 11.7. The highest BCUT2D eigenvalue weighted by atomic mass is 35.5. The van der Waals surface area contributed by atoms with Crippen LogP contribution in [0.3, 0.4) is 0 Å². The molecule has 0 aromatic heterocycles. The van der Waals surface area contributed by atoms with Crippen LogP contribution in [0.4, 0.5) is 14.5 Å². The van der Waals surface area contributed by atoms with Gasteiger partial charge >= 0.3 is 0 Å². The predicted molar refractivity (Wildman–Crippen MR) is 70.7 cm³/mol. The molecular weight excluding hydrogens is 276 g/mol. The van der Waals surface area contributed by atoms with Crippen LogP contribution < -0.4 is 4.90 Å². The minimum absolute atomic E-state index is 0.00677. The molecule has 1 amide bonds.